The maximum absolute atomic E-state index is 11.2. The normalized spacial score (nSPS) is 27.1. The van der Waals surface area contributed by atoms with Crippen molar-refractivity contribution in [3.8, 4) is 0 Å². The first-order chi connectivity index (χ1) is 9.70. The molecule has 0 aromatic carbocycles. The van der Waals surface area contributed by atoms with E-state index in [1.54, 1.807) is 11.8 Å². The molecule has 0 N–H and O–H groups in total. The number of hydrogen-bond acceptors (Lipinski definition) is 5. The molecule has 3 aliphatic rings. The molecule has 0 aromatic rings. The van der Waals surface area contributed by atoms with Gasteiger partial charge in [0.15, 0.2) is 5.17 Å². The number of hydrogen-bond donors (Lipinski definition) is 0. The number of carbonyl (C=O) groups excluding carboxylic acids is 1. The van der Waals surface area contributed by atoms with Crippen LogP contribution < -0.4 is 0 Å². The monoisotopic (exact) mass is 296 g/mol. The topological polar surface area (TPSA) is 39.1 Å². The summed E-state index contributed by atoms with van der Waals surface area (Å²) in [5.74, 6) is 1.43. The average molecular weight is 296 g/mol. The van der Waals surface area contributed by atoms with Crippen LogP contribution in [0.2, 0.25) is 0 Å². The second-order valence-electron chi connectivity index (χ2n) is 6.11. The third-order valence-electron chi connectivity index (χ3n) is 4.54. The van der Waals surface area contributed by atoms with Gasteiger partial charge in [0.1, 0.15) is 0 Å². The van der Waals surface area contributed by atoms with Crippen LogP contribution in [0.4, 0.5) is 0 Å². The molecule has 0 radical (unpaired) electrons. The first-order valence-corrected chi connectivity index (χ1v) is 8.59. The maximum Gasteiger partial charge on any atom is 0.258 e. The van der Waals surface area contributed by atoms with Crippen LogP contribution in [0.3, 0.4) is 0 Å². The van der Waals surface area contributed by atoms with E-state index in [9.17, 15) is 4.79 Å². The first kappa shape index (κ1) is 14.4. The lowest BCUT2D eigenvalue weighted by Crippen LogP contribution is -2.49. The maximum atomic E-state index is 11.2. The summed E-state index contributed by atoms with van der Waals surface area (Å²) >= 11 is 1.60. The Morgan fingerprint density at radius 1 is 1.15 bits per heavy atom. The van der Waals surface area contributed by atoms with Crippen molar-refractivity contribution < 1.29 is 4.79 Å². The van der Waals surface area contributed by atoms with Crippen molar-refractivity contribution >= 4 is 22.8 Å². The second kappa shape index (κ2) is 6.45. The van der Waals surface area contributed by atoms with E-state index in [0.717, 1.165) is 37.3 Å². The van der Waals surface area contributed by atoms with E-state index in [-0.39, 0.29) is 5.91 Å². The summed E-state index contributed by atoms with van der Waals surface area (Å²) in [6, 6.07) is 0. The fourth-order valence-corrected chi connectivity index (χ4v) is 4.04. The number of piperazine rings is 1. The minimum absolute atomic E-state index is 0.0266. The molecule has 0 spiro atoms. The van der Waals surface area contributed by atoms with Gasteiger partial charge < -0.3 is 9.80 Å². The van der Waals surface area contributed by atoms with Crippen LogP contribution in [-0.2, 0) is 4.79 Å². The first-order valence-electron chi connectivity index (χ1n) is 7.61. The predicted octanol–water partition coefficient (Wildman–Crippen LogP) is 0.575. The third kappa shape index (κ3) is 3.54. The largest absolute Gasteiger partial charge is 0.349 e. The summed E-state index contributed by atoms with van der Waals surface area (Å²) in [4.78, 5) is 22.6. The van der Waals surface area contributed by atoms with E-state index in [4.69, 9.17) is 0 Å². The number of aliphatic imine (C=N–C) groups is 1. The Morgan fingerprint density at radius 2 is 1.85 bits per heavy atom. The van der Waals surface area contributed by atoms with Crippen molar-refractivity contribution in [1.82, 2.24) is 14.7 Å². The molecule has 3 aliphatic heterocycles. The number of rotatable bonds is 2. The Balaban J connectivity index is 1.42. The highest BCUT2D eigenvalue weighted by Gasteiger charge is 2.26. The summed E-state index contributed by atoms with van der Waals surface area (Å²) in [5.41, 5.74) is 0. The summed E-state index contributed by atoms with van der Waals surface area (Å²) in [5, 5.41) is 0.953. The van der Waals surface area contributed by atoms with Crippen molar-refractivity contribution in [3.05, 3.63) is 0 Å². The van der Waals surface area contributed by atoms with Gasteiger partial charge in [0, 0.05) is 32.7 Å². The lowest BCUT2D eigenvalue weighted by Gasteiger charge is -2.38. The van der Waals surface area contributed by atoms with Crippen LogP contribution >= 0.6 is 11.8 Å². The third-order valence-corrected chi connectivity index (χ3v) is 5.54. The lowest BCUT2D eigenvalue weighted by atomic mass is 9.96. The van der Waals surface area contributed by atoms with Gasteiger partial charge in [0.25, 0.3) is 5.91 Å². The molecule has 5 nitrogen and oxygen atoms in total. The van der Waals surface area contributed by atoms with Gasteiger partial charge in [0.05, 0.1) is 5.75 Å². The molecule has 0 aromatic heterocycles. The molecule has 1 amide bonds. The van der Waals surface area contributed by atoms with E-state index >= 15 is 0 Å². The summed E-state index contributed by atoms with van der Waals surface area (Å²) < 4.78 is 0. The number of likely N-dealkylation sites (tertiary alicyclic amines) is 1. The van der Waals surface area contributed by atoms with Crippen LogP contribution in [0.1, 0.15) is 12.8 Å². The Labute approximate surface area is 125 Å². The van der Waals surface area contributed by atoms with Gasteiger partial charge in [-0.2, -0.15) is 4.99 Å². The average Bonchev–Trinajstić information content (AvgIpc) is 2.89. The van der Waals surface area contributed by atoms with Gasteiger partial charge in [-0.25, -0.2) is 0 Å². The zero-order chi connectivity index (χ0) is 13.9. The van der Waals surface area contributed by atoms with Crippen LogP contribution in [0, 0.1) is 5.92 Å². The minimum atomic E-state index is 0.0266. The molecule has 3 rings (SSSR count). The summed E-state index contributed by atoms with van der Waals surface area (Å²) in [6.07, 6.45) is 2.68. The number of piperidine rings is 1. The van der Waals surface area contributed by atoms with E-state index in [1.807, 2.05) is 0 Å². The zero-order valence-electron chi connectivity index (χ0n) is 12.3. The molecule has 3 heterocycles. The van der Waals surface area contributed by atoms with Crippen LogP contribution in [-0.4, -0.2) is 84.4 Å². The van der Waals surface area contributed by atoms with E-state index in [1.165, 1.54) is 32.5 Å². The van der Waals surface area contributed by atoms with Crippen molar-refractivity contribution in [2.24, 2.45) is 10.9 Å². The van der Waals surface area contributed by atoms with Crippen molar-refractivity contribution in [2.45, 2.75) is 12.8 Å². The number of thioether (sulfide) groups is 1. The van der Waals surface area contributed by atoms with E-state index in [0.29, 0.717) is 5.75 Å². The summed E-state index contributed by atoms with van der Waals surface area (Å²) in [7, 11) is 2.22. The fourth-order valence-electron chi connectivity index (χ4n) is 3.19. The molecule has 2 fully saturated rings. The smallest absolute Gasteiger partial charge is 0.258 e. The molecule has 2 saturated heterocycles. The molecular formula is C14H24N4OS. The fraction of sp³-hybridized carbons (Fsp3) is 0.857. The number of amides is 1. The molecule has 20 heavy (non-hydrogen) atoms. The highest BCUT2D eigenvalue weighted by atomic mass is 32.2. The van der Waals surface area contributed by atoms with Gasteiger partial charge >= 0.3 is 0 Å². The molecule has 0 atom stereocenters. The standard InChI is InChI=1S/C14H24N4OS/c1-16-4-2-12(3-5-16)10-17-6-8-18(9-7-17)14-15-13(19)11-20-14/h12H,2-11H2,1H3. The van der Waals surface area contributed by atoms with Crippen molar-refractivity contribution in [3.63, 3.8) is 0 Å². The quantitative estimate of drug-likeness (QED) is 0.745. The van der Waals surface area contributed by atoms with Crippen LogP contribution in [0.25, 0.3) is 0 Å². The summed E-state index contributed by atoms with van der Waals surface area (Å²) in [6.45, 7) is 8.01. The lowest BCUT2D eigenvalue weighted by molar-refractivity contribution is -0.115. The molecule has 112 valence electrons. The zero-order valence-corrected chi connectivity index (χ0v) is 13.1. The SMILES string of the molecule is CN1CCC(CN2CCN(C3=NC(=O)CS3)CC2)CC1. The van der Waals surface area contributed by atoms with Crippen molar-refractivity contribution in [1.29, 1.82) is 0 Å². The Morgan fingerprint density at radius 3 is 2.45 bits per heavy atom. The van der Waals surface area contributed by atoms with Gasteiger partial charge in [-0.3, -0.25) is 9.69 Å². The number of amidine groups is 1. The van der Waals surface area contributed by atoms with Crippen LogP contribution in [0.15, 0.2) is 4.99 Å². The molecule has 0 saturated carbocycles. The molecule has 6 heteroatoms. The van der Waals surface area contributed by atoms with Gasteiger partial charge in [-0.1, -0.05) is 11.8 Å². The highest BCUT2D eigenvalue weighted by molar-refractivity contribution is 8.14. The van der Waals surface area contributed by atoms with Gasteiger partial charge in [0.2, 0.25) is 0 Å². The molecule has 0 bridgehead atoms. The Hall–Kier alpha value is -0.590. The predicted molar refractivity (Wildman–Crippen MR) is 83.1 cm³/mol. The van der Waals surface area contributed by atoms with Crippen LogP contribution in [0.5, 0.6) is 0 Å². The number of carbonyl (C=O) groups is 1. The molecular weight excluding hydrogens is 272 g/mol. The van der Waals surface area contributed by atoms with E-state index < -0.39 is 0 Å². The second-order valence-corrected chi connectivity index (χ2v) is 7.05. The Kier molecular flexibility index (Phi) is 4.63. The number of nitrogens with zero attached hydrogens (tertiary/aromatic N) is 4. The molecule has 0 unspecified atom stereocenters. The molecule has 0 aliphatic carbocycles. The minimum Gasteiger partial charge on any atom is -0.349 e. The van der Waals surface area contributed by atoms with Crippen molar-refractivity contribution in [2.75, 3.05) is 58.6 Å². The van der Waals surface area contributed by atoms with Gasteiger partial charge in [-0.05, 0) is 38.9 Å². The van der Waals surface area contributed by atoms with E-state index in [2.05, 4.69) is 26.7 Å². The Bertz CT molecular complexity index is 385. The highest BCUT2D eigenvalue weighted by Crippen LogP contribution is 2.21. The van der Waals surface area contributed by atoms with Gasteiger partial charge in [-0.15, -0.1) is 0 Å².